The number of carbonyl (C=O) groups excluding carboxylic acids is 1. The van der Waals surface area contributed by atoms with E-state index in [1.165, 1.54) is 18.4 Å². The maximum atomic E-state index is 13.4. The van der Waals surface area contributed by atoms with E-state index in [4.69, 9.17) is 4.74 Å². The molecule has 0 radical (unpaired) electrons. The van der Waals surface area contributed by atoms with Crippen molar-refractivity contribution in [1.29, 1.82) is 0 Å². The maximum Gasteiger partial charge on any atom is 0.308 e. The van der Waals surface area contributed by atoms with E-state index in [9.17, 15) is 17.6 Å². The number of halogens is 1. The van der Waals surface area contributed by atoms with Crippen LogP contribution in [0.3, 0.4) is 0 Å². The lowest BCUT2D eigenvalue weighted by atomic mass is 9.99. The fourth-order valence-electron chi connectivity index (χ4n) is 3.26. The van der Waals surface area contributed by atoms with Crippen molar-refractivity contribution in [2.45, 2.75) is 32.1 Å². The minimum atomic E-state index is -3.46. The van der Waals surface area contributed by atoms with Crippen LogP contribution in [0, 0.1) is 18.7 Å². The lowest BCUT2D eigenvalue weighted by Crippen LogP contribution is -2.13. The molecule has 0 aliphatic carbocycles. The molecule has 1 heterocycles. The van der Waals surface area contributed by atoms with Gasteiger partial charge >= 0.3 is 5.97 Å². The van der Waals surface area contributed by atoms with Gasteiger partial charge in [-0.3, -0.25) is 4.79 Å². The molecule has 0 saturated carbocycles. The number of sulfone groups is 1. The van der Waals surface area contributed by atoms with Gasteiger partial charge in [-0.1, -0.05) is 26.0 Å². The van der Waals surface area contributed by atoms with Crippen LogP contribution < -0.4 is 0 Å². The van der Waals surface area contributed by atoms with Gasteiger partial charge in [0, 0.05) is 30.8 Å². The van der Waals surface area contributed by atoms with Gasteiger partial charge in [0.15, 0.2) is 9.84 Å². The van der Waals surface area contributed by atoms with Gasteiger partial charge in [-0.2, -0.15) is 0 Å². The Bertz CT molecular complexity index is 1190. The third-order valence-corrected chi connectivity index (χ3v) is 6.17. The van der Waals surface area contributed by atoms with Gasteiger partial charge < -0.3 is 9.30 Å². The molecule has 0 amide bonds. The average Bonchev–Trinajstić information content (AvgIpc) is 3.16. The summed E-state index contributed by atoms with van der Waals surface area (Å²) in [5.41, 5.74) is 4.00. The molecular weight excluding hydrogens is 417 g/mol. The molecule has 164 valence electrons. The molecule has 0 unspecified atom stereocenters. The molecule has 3 rings (SSSR count). The largest absolute Gasteiger partial charge is 0.465 e. The first kappa shape index (κ1) is 22.7. The molecule has 31 heavy (non-hydrogen) atoms. The number of benzene rings is 2. The van der Waals surface area contributed by atoms with E-state index in [-0.39, 0.29) is 29.2 Å². The molecule has 0 bridgehead atoms. The number of hydrogen-bond acceptors (Lipinski definition) is 4. The third-order valence-electron chi connectivity index (χ3n) is 5.08. The van der Waals surface area contributed by atoms with Crippen LogP contribution in [0.5, 0.6) is 0 Å². The number of rotatable bonds is 7. The normalized spacial score (nSPS) is 11.7. The van der Waals surface area contributed by atoms with Gasteiger partial charge in [0.25, 0.3) is 0 Å². The van der Waals surface area contributed by atoms with Crippen LogP contribution >= 0.6 is 0 Å². The predicted octanol–water partition coefficient (Wildman–Crippen LogP) is 4.74. The molecule has 0 saturated heterocycles. The monoisotopic (exact) mass is 443 g/mol. The smallest absolute Gasteiger partial charge is 0.308 e. The molecule has 7 heteroatoms. The van der Waals surface area contributed by atoms with Crippen LogP contribution in [-0.2, 0) is 25.8 Å². The summed E-state index contributed by atoms with van der Waals surface area (Å²) in [6, 6.07) is 11.2. The highest BCUT2D eigenvalue weighted by atomic mass is 32.2. The molecule has 0 atom stereocenters. The van der Waals surface area contributed by atoms with E-state index >= 15 is 0 Å². The maximum absolute atomic E-state index is 13.4. The fraction of sp³-hybridized carbons (Fsp3) is 0.292. The van der Waals surface area contributed by atoms with Gasteiger partial charge in [0.1, 0.15) is 5.82 Å². The summed E-state index contributed by atoms with van der Waals surface area (Å²) in [6.45, 7) is 5.76. The van der Waals surface area contributed by atoms with Crippen LogP contribution in [0.25, 0.3) is 16.8 Å². The highest BCUT2D eigenvalue weighted by molar-refractivity contribution is 7.90. The first-order chi connectivity index (χ1) is 14.6. The first-order valence-electron chi connectivity index (χ1n) is 10.0. The second-order valence-corrected chi connectivity index (χ2v) is 9.91. The van der Waals surface area contributed by atoms with Gasteiger partial charge in [0.05, 0.1) is 17.4 Å². The van der Waals surface area contributed by atoms with Crippen molar-refractivity contribution in [3.63, 3.8) is 0 Å². The minimum Gasteiger partial charge on any atom is -0.465 e. The Balaban J connectivity index is 1.97. The lowest BCUT2D eigenvalue weighted by Gasteiger charge is -2.15. The molecule has 2 aromatic carbocycles. The summed E-state index contributed by atoms with van der Waals surface area (Å²) in [4.78, 5) is 11.8. The number of nitrogens with zero attached hydrogens (tertiary/aromatic N) is 1. The van der Waals surface area contributed by atoms with Crippen LogP contribution in [0.1, 0.15) is 25.0 Å². The summed E-state index contributed by atoms with van der Waals surface area (Å²) in [6.07, 6.45) is 5.47. The van der Waals surface area contributed by atoms with Crippen molar-refractivity contribution in [1.82, 2.24) is 4.57 Å². The van der Waals surface area contributed by atoms with E-state index in [1.807, 2.05) is 30.0 Å². The summed E-state index contributed by atoms with van der Waals surface area (Å²) in [5.74, 6) is -0.759. The molecule has 5 nitrogen and oxygen atoms in total. The molecule has 0 spiro atoms. The SMILES string of the molecule is Cc1c(-c2ccc(F)cc2)cc(S(C)(=O)=O)cc1-n1ccc(CCOC(=O)C(C)C)c1. The number of ether oxygens (including phenoxy) is 1. The van der Waals surface area contributed by atoms with Gasteiger partial charge in [0.2, 0.25) is 0 Å². The van der Waals surface area contributed by atoms with Crippen LogP contribution in [0.4, 0.5) is 4.39 Å². The molecule has 0 N–H and O–H groups in total. The zero-order valence-electron chi connectivity index (χ0n) is 18.1. The summed E-state index contributed by atoms with van der Waals surface area (Å²) in [7, 11) is -3.46. The number of aromatic nitrogens is 1. The van der Waals surface area contributed by atoms with E-state index in [0.717, 1.165) is 22.3 Å². The van der Waals surface area contributed by atoms with Gasteiger partial charge in [-0.15, -0.1) is 0 Å². The zero-order chi connectivity index (χ0) is 22.8. The Kier molecular flexibility index (Phi) is 6.65. The van der Waals surface area contributed by atoms with Crippen molar-refractivity contribution in [2.75, 3.05) is 12.9 Å². The van der Waals surface area contributed by atoms with Gasteiger partial charge in [-0.05, 0) is 59.5 Å². The standard InChI is InChI=1S/C24H26FNO4S/c1-16(2)24(27)30-12-10-18-9-11-26(15-18)23-14-21(31(4,28)29)13-22(17(23)3)19-5-7-20(25)8-6-19/h5-9,11,13-16H,10,12H2,1-4H3. The number of carbonyl (C=O) groups is 1. The first-order valence-corrected chi connectivity index (χ1v) is 11.9. The van der Waals surface area contributed by atoms with Gasteiger partial charge in [-0.25, -0.2) is 12.8 Å². The Morgan fingerprint density at radius 3 is 2.42 bits per heavy atom. The third kappa shape index (κ3) is 5.41. The van der Waals surface area contributed by atoms with E-state index < -0.39 is 9.84 Å². The fourth-order valence-corrected chi connectivity index (χ4v) is 3.92. The second kappa shape index (κ2) is 9.06. The highest BCUT2D eigenvalue weighted by Gasteiger charge is 2.16. The van der Waals surface area contributed by atoms with Crippen molar-refractivity contribution in [3.8, 4) is 16.8 Å². The summed E-state index contributed by atoms with van der Waals surface area (Å²) >= 11 is 0. The van der Waals surface area contributed by atoms with Crippen LogP contribution in [0.2, 0.25) is 0 Å². The van der Waals surface area contributed by atoms with Crippen LogP contribution in [0.15, 0.2) is 59.8 Å². The van der Waals surface area contributed by atoms with E-state index in [0.29, 0.717) is 12.1 Å². The molecule has 3 aromatic rings. The second-order valence-electron chi connectivity index (χ2n) is 7.89. The van der Waals surface area contributed by atoms with E-state index in [1.54, 1.807) is 38.1 Å². The van der Waals surface area contributed by atoms with Crippen molar-refractivity contribution >= 4 is 15.8 Å². The topological polar surface area (TPSA) is 65.4 Å². The van der Waals surface area contributed by atoms with Crippen molar-refractivity contribution in [3.05, 3.63) is 71.8 Å². The average molecular weight is 444 g/mol. The van der Waals surface area contributed by atoms with E-state index in [2.05, 4.69) is 0 Å². The Morgan fingerprint density at radius 1 is 1.13 bits per heavy atom. The highest BCUT2D eigenvalue weighted by Crippen LogP contribution is 2.32. The molecule has 0 aliphatic rings. The summed E-state index contributed by atoms with van der Waals surface area (Å²) < 4.78 is 45.1. The minimum absolute atomic E-state index is 0.170. The molecule has 0 fully saturated rings. The zero-order valence-corrected chi connectivity index (χ0v) is 18.9. The molecular formula is C24H26FNO4S. The Hall–Kier alpha value is -2.93. The van der Waals surface area contributed by atoms with Crippen LogP contribution in [-0.4, -0.2) is 31.8 Å². The Labute approximate surface area is 182 Å². The number of esters is 1. The van der Waals surface area contributed by atoms with Crippen molar-refractivity contribution < 1.29 is 22.3 Å². The number of hydrogen-bond donors (Lipinski definition) is 0. The molecule has 1 aromatic heterocycles. The summed E-state index contributed by atoms with van der Waals surface area (Å²) in [5, 5.41) is 0. The van der Waals surface area contributed by atoms with Crippen molar-refractivity contribution in [2.24, 2.45) is 5.92 Å². The predicted molar refractivity (Wildman–Crippen MR) is 119 cm³/mol. The quantitative estimate of drug-likeness (QED) is 0.495. The molecule has 0 aliphatic heterocycles. The Morgan fingerprint density at radius 2 is 1.81 bits per heavy atom. The lowest BCUT2D eigenvalue weighted by molar-refractivity contribution is -0.147.